The summed E-state index contributed by atoms with van der Waals surface area (Å²) >= 11 is 1.48. The summed E-state index contributed by atoms with van der Waals surface area (Å²) in [6.07, 6.45) is 3.03. The van der Waals surface area contributed by atoms with Gasteiger partial charge in [-0.05, 0) is 29.5 Å². The SMILES string of the molecule is C=CCSc1nc2n(n1)C(c1ccc(F)cc1)C1=C(CC(C)(C)CC1=O)N2. The number of nitrogens with zero attached hydrogens (tertiary/aromatic N) is 3. The second kappa shape index (κ2) is 6.64. The normalized spacial score (nSPS) is 20.7. The number of hydrogen-bond acceptors (Lipinski definition) is 5. The number of fused-ring (bicyclic) bond motifs is 1. The standard InChI is InChI=1S/C20H21FN4OS/c1-4-9-27-19-23-18-22-14-10-20(2,3)11-15(26)16(14)17(25(18)24-19)12-5-7-13(21)8-6-12/h4-8,17H,1,9-11H2,2-3H3,(H,22,23,24). The number of carbonyl (C=O) groups is 1. The van der Waals surface area contributed by atoms with Gasteiger partial charge in [-0.15, -0.1) is 11.7 Å². The Hall–Kier alpha value is -2.41. The molecule has 1 N–H and O–H groups in total. The van der Waals surface area contributed by atoms with Crippen molar-refractivity contribution in [2.45, 2.75) is 37.9 Å². The van der Waals surface area contributed by atoms with Gasteiger partial charge in [0.25, 0.3) is 0 Å². The third-order valence-corrected chi connectivity index (χ3v) is 5.66. The molecule has 27 heavy (non-hydrogen) atoms. The van der Waals surface area contributed by atoms with Crippen molar-refractivity contribution in [3.8, 4) is 0 Å². The monoisotopic (exact) mass is 384 g/mol. The molecule has 2 aliphatic rings. The number of nitrogens with one attached hydrogen (secondary N) is 1. The molecule has 0 spiro atoms. The Morgan fingerprint density at radius 1 is 1.37 bits per heavy atom. The maximum absolute atomic E-state index is 13.5. The molecule has 0 radical (unpaired) electrons. The molecule has 7 heteroatoms. The lowest BCUT2D eigenvalue weighted by Gasteiger charge is -2.38. The maximum Gasteiger partial charge on any atom is 0.227 e. The second-order valence-corrected chi connectivity index (χ2v) is 8.66. The van der Waals surface area contributed by atoms with Crippen molar-refractivity contribution in [3.05, 3.63) is 59.6 Å². The van der Waals surface area contributed by atoms with Gasteiger partial charge in [0.05, 0.1) is 0 Å². The first-order valence-electron chi connectivity index (χ1n) is 8.87. The highest BCUT2D eigenvalue weighted by molar-refractivity contribution is 7.99. The Morgan fingerprint density at radius 3 is 2.81 bits per heavy atom. The molecule has 0 saturated heterocycles. The lowest BCUT2D eigenvalue weighted by molar-refractivity contribution is -0.118. The predicted octanol–water partition coefficient (Wildman–Crippen LogP) is 4.35. The van der Waals surface area contributed by atoms with Crippen LogP contribution >= 0.6 is 11.8 Å². The summed E-state index contributed by atoms with van der Waals surface area (Å²) in [5.74, 6) is 1.10. The zero-order valence-corrected chi connectivity index (χ0v) is 16.1. The minimum atomic E-state index is -0.397. The van der Waals surface area contributed by atoms with E-state index in [9.17, 15) is 9.18 Å². The molecule has 2 heterocycles. The summed E-state index contributed by atoms with van der Waals surface area (Å²) in [6, 6.07) is 5.86. The summed E-state index contributed by atoms with van der Waals surface area (Å²) in [7, 11) is 0. The van der Waals surface area contributed by atoms with Gasteiger partial charge in [-0.1, -0.05) is 43.8 Å². The van der Waals surface area contributed by atoms with E-state index in [1.807, 2.05) is 0 Å². The quantitative estimate of drug-likeness (QED) is 0.627. The molecule has 0 bridgehead atoms. The lowest BCUT2D eigenvalue weighted by atomic mass is 9.73. The predicted molar refractivity (Wildman–Crippen MR) is 104 cm³/mol. The van der Waals surface area contributed by atoms with Crippen LogP contribution in [0, 0.1) is 11.2 Å². The van der Waals surface area contributed by atoms with Crippen LogP contribution < -0.4 is 5.32 Å². The van der Waals surface area contributed by atoms with Gasteiger partial charge >= 0.3 is 0 Å². The molecule has 1 aliphatic heterocycles. The third kappa shape index (κ3) is 3.32. The summed E-state index contributed by atoms with van der Waals surface area (Å²) in [4.78, 5) is 17.6. The largest absolute Gasteiger partial charge is 0.328 e. The highest BCUT2D eigenvalue weighted by Gasteiger charge is 2.41. The molecule has 1 aromatic heterocycles. The summed E-state index contributed by atoms with van der Waals surface area (Å²) in [5, 5.41) is 8.56. The number of thioether (sulfide) groups is 1. The Balaban J connectivity index is 1.84. The van der Waals surface area contributed by atoms with E-state index in [1.165, 1.54) is 23.9 Å². The lowest BCUT2D eigenvalue weighted by Crippen LogP contribution is -2.36. The molecule has 2 aromatic rings. The topological polar surface area (TPSA) is 59.8 Å². The van der Waals surface area contributed by atoms with Gasteiger partial charge < -0.3 is 5.32 Å². The molecule has 4 rings (SSSR count). The molecule has 1 aliphatic carbocycles. The molecule has 1 atom stereocenters. The second-order valence-electron chi connectivity index (χ2n) is 7.67. The van der Waals surface area contributed by atoms with Crippen LogP contribution in [0.25, 0.3) is 0 Å². The number of rotatable bonds is 4. The van der Waals surface area contributed by atoms with E-state index in [0.29, 0.717) is 28.9 Å². The molecule has 1 unspecified atom stereocenters. The number of Topliss-reactive ketones (excluding diaryl/α,β-unsaturated/α-hetero) is 1. The fourth-order valence-electron chi connectivity index (χ4n) is 3.74. The summed E-state index contributed by atoms with van der Waals surface area (Å²) in [5.41, 5.74) is 2.31. The van der Waals surface area contributed by atoms with Crippen molar-refractivity contribution in [1.82, 2.24) is 14.8 Å². The Morgan fingerprint density at radius 2 is 2.11 bits per heavy atom. The van der Waals surface area contributed by atoms with Gasteiger partial charge in [-0.25, -0.2) is 9.07 Å². The molecule has 1 aromatic carbocycles. The zero-order chi connectivity index (χ0) is 19.2. The van der Waals surface area contributed by atoms with Gasteiger partial charge in [0.15, 0.2) is 5.78 Å². The average molecular weight is 384 g/mol. The van der Waals surface area contributed by atoms with Crippen LogP contribution in [0.3, 0.4) is 0 Å². The van der Waals surface area contributed by atoms with Crippen LogP contribution in [-0.4, -0.2) is 26.3 Å². The average Bonchev–Trinajstić information content (AvgIpc) is 3.00. The highest BCUT2D eigenvalue weighted by Crippen LogP contribution is 2.45. The Kier molecular flexibility index (Phi) is 4.42. The van der Waals surface area contributed by atoms with E-state index in [4.69, 9.17) is 0 Å². The Labute approximate surface area is 161 Å². The maximum atomic E-state index is 13.5. The minimum absolute atomic E-state index is 0.101. The molecule has 0 saturated carbocycles. The zero-order valence-electron chi connectivity index (χ0n) is 15.3. The van der Waals surface area contributed by atoms with Crippen LogP contribution in [0.5, 0.6) is 0 Å². The van der Waals surface area contributed by atoms with Crippen molar-refractivity contribution in [2.24, 2.45) is 5.41 Å². The van der Waals surface area contributed by atoms with Gasteiger partial charge in [-0.2, -0.15) is 4.98 Å². The van der Waals surface area contributed by atoms with Crippen molar-refractivity contribution in [3.63, 3.8) is 0 Å². The minimum Gasteiger partial charge on any atom is -0.328 e. The van der Waals surface area contributed by atoms with Gasteiger partial charge in [0.1, 0.15) is 11.9 Å². The van der Waals surface area contributed by atoms with Crippen LogP contribution in [0.1, 0.15) is 38.3 Å². The van der Waals surface area contributed by atoms with Crippen LogP contribution in [0.2, 0.25) is 0 Å². The van der Waals surface area contributed by atoms with E-state index < -0.39 is 6.04 Å². The first kappa shape index (κ1) is 18.0. The Bertz CT molecular complexity index is 945. The molecule has 140 valence electrons. The summed E-state index contributed by atoms with van der Waals surface area (Å²) < 4.78 is 15.2. The fraction of sp³-hybridized carbons (Fsp3) is 0.350. The number of anilines is 1. The van der Waals surface area contributed by atoms with Crippen molar-refractivity contribution in [1.29, 1.82) is 0 Å². The number of halogens is 1. The van der Waals surface area contributed by atoms with Crippen LogP contribution in [0.15, 0.2) is 53.3 Å². The van der Waals surface area contributed by atoms with Crippen LogP contribution in [-0.2, 0) is 4.79 Å². The number of benzene rings is 1. The number of aromatic nitrogens is 3. The van der Waals surface area contributed by atoms with E-state index in [1.54, 1.807) is 22.9 Å². The first-order chi connectivity index (χ1) is 12.9. The first-order valence-corrected chi connectivity index (χ1v) is 9.85. The van der Waals surface area contributed by atoms with Crippen molar-refractivity contribution < 1.29 is 9.18 Å². The molecule has 0 amide bonds. The van der Waals surface area contributed by atoms with Gasteiger partial charge in [0.2, 0.25) is 11.1 Å². The van der Waals surface area contributed by atoms with Crippen molar-refractivity contribution in [2.75, 3.05) is 11.1 Å². The van der Waals surface area contributed by atoms with E-state index >= 15 is 0 Å². The fourth-order valence-corrected chi connectivity index (χ4v) is 4.30. The van der Waals surface area contributed by atoms with Gasteiger partial charge in [-0.3, -0.25) is 4.79 Å². The number of carbonyl (C=O) groups excluding carboxylic acids is 1. The molecule has 5 nitrogen and oxygen atoms in total. The third-order valence-electron chi connectivity index (χ3n) is 4.83. The van der Waals surface area contributed by atoms with E-state index in [2.05, 4.69) is 35.8 Å². The van der Waals surface area contributed by atoms with E-state index in [-0.39, 0.29) is 17.0 Å². The number of hydrogen-bond donors (Lipinski definition) is 1. The van der Waals surface area contributed by atoms with Gasteiger partial charge in [0, 0.05) is 23.4 Å². The molecule has 0 fully saturated rings. The molecular formula is C20H21FN4OS. The van der Waals surface area contributed by atoms with Crippen molar-refractivity contribution >= 4 is 23.5 Å². The molecular weight excluding hydrogens is 363 g/mol. The number of ketones is 1. The summed E-state index contributed by atoms with van der Waals surface area (Å²) in [6.45, 7) is 7.91. The van der Waals surface area contributed by atoms with E-state index in [0.717, 1.165) is 17.7 Å². The smallest absolute Gasteiger partial charge is 0.227 e. The highest BCUT2D eigenvalue weighted by atomic mass is 32.2. The number of allylic oxidation sites excluding steroid dienone is 2. The van der Waals surface area contributed by atoms with Crippen LogP contribution in [0.4, 0.5) is 10.3 Å².